The van der Waals surface area contributed by atoms with E-state index in [0.717, 1.165) is 0 Å². The number of alkyl halides is 2. The van der Waals surface area contributed by atoms with Crippen LogP contribution in [0.2, 0.25) is 0 Å². The first-order valence-corrected chi connectivity index (χ1v) is 4.99. The summed E-state index contributed by atoms with van der Waals surface area (Å²) in [5.41, 5.74) is 0. The van der Waals surface area contributed by atoms with E-state index in [0.29, 0.717) is 12.1 Å². The second kappa shape index (κ2) is 3.52. The molecule has 1 fully saturated rings. The maximum atomic E-state index is 12.6. The molecule has 0 aromatic carbocycles. The van der Waals surface area contributed by atoms with Gasteiger partial charge in [-0.25, -0.2) is 8.78 Å². The summed E-state index contributed by atoms with van der Waals surface area (Å²) in [5, 5.41) is 0. The van der Waals surface area contributed by atoms with Crippen LogP contribution in [0.4, 0.5) is 8.78 Å². The lowest BCUT2D eigenvalue weighted by Crippen LogP contribution is -2.55. The fraction of sp³-hybridized carbons (Fsp3) is 1.00. The molecular weight excluding hydrogens is 172 g/mol. The minimum absolute atomic E-state index is 0.0450. The minimum atomic E-state index is -2.40. The van der Waals surface area contributed by atoms with Gasteiger partial charge in [0.25, 0.3) is 5.92 Å². The van der Waals surface area contributed by atoms with E-state index in [9.17, 15) is 8.78 Å². The van der Waals surface area contributed by atoms with E-state index in [1.165, 1.54) is 0 Å². The molecule has 0 aliphatic heterocycles. The highest BCUT2D eigenvalue weighted by molar-refractivity contribution is 4.94. The highest BCUT2D eigenvalue weighted by Crippen LogP contribution is 2.41. The standard InChI is InChI=1S/C10H19F2N/c1-7(2)13(8(3)4)9-5-10(11,12)6-9/h7-9H,5-6H2,1-4H3. The average Bonchev–Trinajstić information content (AvgIpc) is 1.80. The van der Waals surface area contributed by atoms with Crippen molar-refractivity contribution in [3.63, 3.8) is 0 Å². The summed E-state index contributed by atoms with van der Waals surface area (Å²) < 4.78 is 25.3. The van der Waals surface area contributed by atoms with Gasteiger partial charge in [0, 0.05) is 31.0 Å². The lowest BCUT2D eigenvalue weighted by atomic mass is 9.85. The molecule has 0 spiro atoms. The minimum Gasteiger partial charge on any atom is -0.295 e. The van der Waals surface area contributed by atoms with Crippen LogP contribution < -0.4 is 0 Å². The van der Waals surface area contributed by atoms with Crippen LogP contribution in [0.15, 0.2) is 0 Å². The zero-order valence-corrected chi connectivity index (χ0v) is 8.85. The number of halogens is 2. The summed E-state index contributed by atoms with van der Waals surface area (Å²) in [7, 11) is 0. The van der Waals surface area contributed by atoms with Crippen LogP contribution in [0.25, 0.3) is 0 Å². The lowest BCUT2D eigenvalue weighted by Gasteiger charge is -2.46. The Hall–Kier alpha value is -0.180. The summed E-state index contributed by atoms with van der Waals surface area (Å²) in [6.07, 6.45) is 0.0900. The number of nitrogens with zero attached hydrogens (tertiary/aromatic N) is 1. The molecule has 0 radical (unpaired) electrons. The summed E-state index contributed by atoms with van der Waals surface area (Å²) in [4.78, 5) is 2.18. The van der Waals surface area contributed by atoms with Crippen molar-refractivity contribution in [3.8, 4) is 0 Å². The maximum Gasteiger partial charge on any atom is 0.251 e. The molecule has 1 nitrogen and oxygen atoms in total. The molecule has 0 N–H and O–H groups in total. The van der Waals surface area contributed by atoms with Crippen LogP contribution >= 0.6 is 0 Å². The van der Waals surface area contributed by atoms with Gasteiger partial charge < -0.3 is 0 Å². The summed E-state index contributed by atoms with van der Waals surface area (Å²) >= 11 is 0. The second-order valence-electron chi connectivity index (χ2n) is 4.55. The van der Waals surface area contributed by atoms with Crippen molar-refractivity contribution in [1.29, 1.82) is 0 Å². The summed E-state index contributed by atoms with van der Waals surface area (Å²) in [6.45, 7) is 8.26. The molecule has 0 atom stereocenters. The first-order valence-electron chi connectivity index (χ1n) is 4.99. The molecule has 0 aromatic heterocycles. The predicted octanol–water partition coefficient (Wildman–Crippen LogP) is 2.90. The molecular formula is C10H19F2N. The largest absolute Gasteiger partial charge is 0.295 e. The van der Waals surface area contributed by atoms with Crippen molar-refractivity contribution in [2.75, 3.05) is 0 Å². The van der Waals surface area contributed by atoms with Gasteiger partial charge in [-0.05, 0) is 27.7 Å². The normalized spacial score (nSPS) is 22.8. The third-order valence-electron chi connectivity index (χ3n) is 2.68. The quantitative estimate of drug-likeness (QED) is 0.663. The van der Waals surface area contributed by atoms with E-state index in [4.69, 9.17) is 0 Å². The molecule has 0 heterocycles. The molecule has 1 aliphatic carbocycles. The molecule has 13 heavy (non-hydrogen) atoms. The molecule has 0 amide bonds. The van der Waals surface area contributed by atoms with Crippen molar-refractivity contribution in [2.24, 2.45) is 0 Å². The Kier molecular flexibility index (Phi) is 2.95. The Morgan fingerprint density at radius 1 is 1.08 bits per heavy atom. The van der Waals surface area contributed by atoms with Crippen molar-refractivity contribution < 1.29 is 8.78 Å². The zero-order valence-electron chi connectivity index (χ0n) is 8.85. The third-order valence-corrected chi connectivity index (χ3v) is 2.68. The van der Waals surface area contributed by atoms with Crippen LogP contribution in [0.5, 0.6) is 0 Å². The van der Waals surface area contributed by atoms with E-state index < -0.39 is 5.92 Å². The fourth-order valence-electron chi connectivity index (χ4n) is 2.28. The molecule has 78 valence electrons. The van der Waals surface area contributed by atoms with Crippen molar-refractivity contribution in [1.82, 2.24) is 4.90 Å². The molecule has 0 bridgehead atoms. The Morgan fingerprint density at radius 3 is 1.69 bits per heavy atom. The molecule has 1 rings (SSSR count). The topological polar surface area (TPSA) is 3.24 Å². The molecule has 1 aliphatic rings. The van der Waals surface area contributed by atoms with Crippen molar-refractivity contribution >= 4 is 0 Å². The number of rotatable bonds is 3. The first kappa shape index (κ1) is 10.9. The van der Waals surface area contributed by atoms with Crippen LogP contribution in [0, 0.1) is 0 Å². The van der Waals surface area contributed by atoms with E-state index in [1.54, 1.807) is 0 Å². The smallest absolute Gasteiger partial charge is 0.251 e. The zero-order chi connectivity index (χ0) is 10.2. The Balaban J connectivity index is 2.50. The predicted molar refractivity (Wildman–Crippen MR) is 50.1 cm³/mol. The Morgan fingerprint density at radius 2 is 1.46 bits per heavy atom. The van der Waals surface area contributed by atoms with Gasteiger partial charge in [0.1, 0.15) is 0 Å². The van der Waals surface area contributed by atoms with Crippen LogP contribution in [0.1, 0.15) is 40.5 Å². The van der Waals surface area contributed by atoms with Gasteiger partial charge in [-0.2, -0.15) is 0 Å². The van der Waals surface area contributed by atoms with Crippen LogP contribution in [-0.4, -0.2) is 28.9 Å². The molecule has 0 aromatic rings. The monoisotopic (exact) mass is 191 g/mol. The highest BCUT2D eigenvalue weighted by Gasteiger charge is 2.48. The average molecular weight is 191 g/mol. The molecule has 0 saturated heterocycles. The van der Waals surface area contributed by atoms with Crippen molar-refractivity contribution in [3.05, 3.63) is 0 Å². The van der Waals surface area contributed by atoms with Crippen LogP contribution in [-0.2, 0) is 0 Å². The van der Waals surface area contributed by atoms with E-state index >= 15 is 0 Å². The third kappa shape index (κ3) is 2.39. The van der Waals surface area contributed by atoms with Gasteiger partial charge in [-0.3, -0.25) is 4.90 Å². The number of hydrogen-bond acceptors (Lipinski definition) is 1. The number of hydrogen-bond donors (Lipinski definition) is 0. The molecule has 0 unspecified atom stereocenters. The lowest BCUT2D eigenvalue weighted by molar-refractivity contribution is -0.135. The van der Waals surface area contributed by atoms with Gasteiger partial charge in [0.2, 0.25) is 0 Å². The van der Waals surface area contributed by atoms with Crippen molar-refractivity contribution in [2.45, 2.75) is 64.6 Å². The maximum absolute atomic E-state index is 12.6. The van der Waals surface area contributed by atoms with Gasteiger partial charge in [0.05, 0.1) is 0 Å². The fourth-order valence-corrected chi connectivity index (χ4v) is 2.28. The van der Waals surface area contributed by atoms with Crippen LogP contribution in [0.3, 0.4) is 0 Å². The van der Waals surface area contributed by atoms with E-state index in [-0.39, 0.29) is 18.9 Å². The van der Waals surface area contributed by atoms with Gasteiger partial charge in [-0.15, -0.1) is 0 Å². The van der Waals surface area contributed by atoms with E-state index in [2.05, 4.69) is 32.6 Å². The summed E-state index contributed by atoms with van der Waals surface area (Å²) in [6, 6.07) is 0.817. The molecule has 1 saturated carbocycles. The summed E-state index contributed by atoms with van der Waals surface area (Å²) in [5.74, 6) is -2.40. The van der Waals surface area contributed by atoms with E-state index in [1.807, 2.05) is 0 Å². The highest BCUT2D eigenvalue weighted by atomic mass is 19.3. The van der Waals surface area contributed by atoms with Gasteiger partial charge in [-0.1, -0.05) is 0 Å². The van der Waals surface area contributed by atoms with Gasteiger partial charge in [0.15, 0.2) is 0 Å². The SMILES string of the molecule is CC(C)N(C(C)C)C1CC(F)(F)C1. The second-order valence-corrected chi connectivity index (χ2v) is 4.55. The van der Waals surface area contributed by atoms with Gasteiger partial charge >= 0.3 is 0 Å². The molecule has 3 heteroatoms. The Labute approximate surface area is 79.1 Å². The Bertz CT molecular complexity index is 162. The first-order chi connectivity index (χ1) is 5.83.